The van der Waals surface area contributed by atoms with Gasteiger partial charge in [-0.15, -0.1) is 11.3 Å². The highest BCUT2D eigenvalue weighted by Crippen LogP contribution is 2.30. The van der Waals surface area contributed by atoms with Crippen LogP contribution in [-0.2, 0) is 11.3 Å². The van der Waals surface area contributed by atoms with Gasteiger partial charge in [-0.25, -0.2) is 4.98 Å². The Bertz CT molecular complexity index is 764. The Morgan fingerprint density at radius 3 is 2.76 bits per heavy atom. The summed E-state index contributed by atoms with van der Waals surface area (Å²) in [7, 11) is 0. The van der Waals surface area contributed by atoms with Crippen LogP contribution in [0.3, 0.4) is 0 Å². The zero-order valence-corrected chi connectivity index (χ0v) is 15.4. The molecule has 1 N–H and O–H groups in total. The number of rotatable bonds is 4. The van der Waals surface area contributed by atoms with E-state index in [2.05, 4.69) is 10.3 Å². The molecule has 0 aliphatic carbocycles. The third kappa shape index (κ3) is 4.45. The van der Waals surface area contributed by atoms with Gasteiger partial charge in [-0.2, -0.15) is 0 Å². The molecule has 0 saturated carbocycles. The monoisotopic (exact) mass is 357 g/mol. The fourth-order valence-corrected chi connectivity index (χ4v) is 4.09. The number of thiazole rings is 1. The number of amides is 2. The van der Waals surface area contributed by atoms with Crippen LogP contribution in [0.1, 0.15) is 52.3 Å². The molecule has 0 atom stereocenters. The van der Waals surface area contributed by atoms with E-state index < -0.39 is 0 Å². The van der Waals surface area contributed by atoms with Crippen molar-refractivity contribution >= 4 is 23.2 Å². The first-order valence-electron chi connectivity index (χ1n) is 8.57. The van der Waals surface area contributed by atoms with Crippen molar-refractivity contribution < 1.29 is 9.59 Å². The Morgan fingerprint density at radius 1 is 1.32 bits per heavy atom. The number of hydrogen-bond acceptors (Lipinski definition) is 4. The number of likely N-dealkylation sites (tertiary alicyclic amines) is 1. The molecular formula is C19H23N3O2S. The van der Waals surface area contributed by atoms with E-state index in [1.807, 2.05) is 41.5 Å². The molecule has 1 fully saturated rings. The van der Waals surface area contributed by atoms with Crippen LogP contribution in [0.4, 0.5) is 0 Å². The van der Waals surface area contributed by atoms with Gasteiger partial charge in [0.2, 0.25) is 5.91 Å². The average Bonchev–Trinajstić information content (AvgIpc) is 3.08. The van der Waals surface area contributed by atoms with Gasteiger partial charge in [0, 0.05) is 36.9 Å². The minimum absolute atomic E-state index is 0.0440. The molecule has 1 aromatic heterocycles. The summed E-state index contributed by atoms with van der Waals surface area (Å²) in [5.41, 5.74) is 2.79. The summed E-state index contributed by atoms with van der Waals surface area (Å²) >= 11 is 1.65. The predicted molar refractivity (Wildman–Crippen MR) is 98.7 cm³/mol. The summed E-state index contributed by atoms with van der Waals surface area (Å²) in [5, 5.41) is 5.90. The summed E-state index contributed by atoms with van der Waals surface area (Å²) in [5.74, 6) is 0.475. The van der Waals surface area contributed by atoms with Crippen LogP contribution in [0.2, 0.25) is 0 Å². The standard InChI is InChI=1S/C19H23N3O2S/c1-13-4-3-5-16(10-13)19(24)22-8-6-15(7-9-22)18-21-17(12-25-18)11-20-14(2)23/h3-5,10,12,15H,6-9,11H2,1-2H3,(H,20,23). The summed E-state index contributed by atoms with van der Waals surface area (Å²) in [6, 6.07) is 7.77. The number of piperidine rings is 1. The molecule has 0 radical (unpaired) electrons. The van der Waals surface area contributed by atoms with Crippen molar-refractivity contribution in [3.05, 3.63) is 51.5 Å². The number of nitrogens with zero attached hydrogens (tertiary/aromatic N) is 2. The molecule has 1 aliphatic rings. The molecule has 5 nitrogen and oxygen atoms in total. The molecule has 1 aliphatic heterocycles. The van der Waals surface area contributed by atoms with Crippen LogP contribution < -0.4 is 5.32 Å². The van der Waals surface area contributed by atoms with Crippen LogP contribution in [-0.4, -0.2) is 34.8 Å². The van der Waals surface area contributed by atoms with Crippen molar-refractivity contribution in [3.63, 3.8) is 0 Å². The van der Waals surface area contributed by atoms with Crippen molar-refractivity contribution in [2.75, 3.05) is 13.1 Å². The van der Waals surface area contributed by atoms with Crippen molar-refractivity contribution in [1.29, 1.82) is 0 Å². The second kappa shape index (κ2) is 7.78. The van der Waals surface area contributed by atoms with Crippen molar-refractivity contribution in [2.24, 2.45) is 0 Å². The largest absolute Gasteiger partial charge is 0.351 e. The summed E-state index contributed by atoms with van der Waals surface area (Å²) in [4.78, 5) is 30.2. The maximum Gasteiger partial charge on any atom is 0.253 e. The number of hydrogen-bond donors (Lipinski definition) is 1. The lowest BCUT2D eigenvalue weighted by Gasteiger charge is -2.31. The van der Waals surface area contributed by atoms with Crippen LogP contribution in [0, 0.1) is 6.92 Å². The van der Waals surface area contributed by atoms with E-state index in [1.165, 1.54) is 6.92 Å². The molecule has 0 unspecified atom stereocenters. The van der Waals surface area contributed by atoms with E-state index in [1.54, 1.807) is 11.3 Å². The number of carbonyl (C=O) groups is 2. The first-order chi connectivity index (χ1) is 12.0. The van der Waals surface area contributed by atoms with E-state index in [4.69, 9.17) is 0 Å². The van der Waals surface area contributed by atoms with Crippen molar-refractivity contribution in [3.8, 4) is 0 Å². The Hall–Kier alpha value is -2.21. The minimum atomic E-state index is -0.0440. The van der Waals surface area contributed by atoms with Gasteiger partial charge < -0.3 is 10.2 Å². The fourth-order valence-electron chi connectivity index (χ4n) is 3.10. The van der Waals surface area contributed by atoms with Gasteiger partial charge in [0.25, 0.3) is 5.91 Å². The van der Waals surface area contributed by atoms with Crippen LogP contribution in [0.25, 0.3) is 0 Å². The number of nitrogens with one attached hydrogen (secondary N) is 1. The van der Waals surface area contributed by atoms with Gasteiger partial charge in [0.1, 0.15) is 0 Å². The smallest absolute Gasteiger partial charge is 0.253 e. The molecule has 2 amide bonds. The Kier molecular flexibility index (Phi) is 5.48. The van der Waals surface area contributed by atoms with Gasteiger partial charge in [-0.1, -0.05) is 17.7 Å². The Labute approximate surface area is 152 Å². The lowest BCUT2D eigenvalue weighted by atomic mass is 9.97. The molecule has 25 heavy (non-hydrogen) atoms. The molecule has 1 saturated heterocycles. The molecule has 6 heteroatoms. The summed E-state index contributed by atoms with van der Waals surface area (Å²) < 4.78 is 0. The Morgan fingerprint density at radius 2 is 2.08 bits per heavy atom. The Balaban J connectivity index is 1.56. The van der Waals surface area contributed by atoms with Crippen LogP contribution in [0.15, 0.2) is 29.6 Å². The van der Waals surface area contributed by atoms with Crippen molar-refractivity contribution in [1.82, 2.24) is 15.2 Å². The van der Waals surface area contributed by atoms with Gasteiger partial charge in [-0.3, -0.25) is 9.59 Å². The molecule has 2 heterocycles. The number of aromatic nitrogens is 1. The summed E-state index contributed by atoms with van der Waals surface area (Å²) in [6.45, 7) is 5.52. The van der Waals surface area contributed by atoms with E-state index in [0.717, 1.165) is 47.8 Å². The maximum absolute atomic E-state index is 12.6. The van der Waals surface area contributed by atoms with E-state index in [0.29, 0.717) is 12.5 Å². The quantitative estimate of drug-likeness (QED) is 0.914. The van der Waals surface area contributed by atoms with Crippen LogP contribution >= 0.6 is 11.3 Å². The highest BCUT2D eigenvalue weighted by molar-refractivity contribution is 7.09. The van der Waals surface area contributed by atoms with E-state index in [9.17, 15) is 9.59 Å². The lowest BCUT2D eigenvalue weighted by molar-refractivity contribution is -0.119. The third-order valence-electron chi connectivity index (χ3n) is 4.48. The number of aryl methyl sites for hydroxylation is 1. The van der Waals surface area contributed by atoms with Gasteiger partial charge in [0.15, 0.2) is 0 Å². The zero-order valence-electron chi connectivity index (χ0n) is 14.6. The average molecular weight is 357 g/mol. The zero-order chi connectivity index (χ0) is 17.8. The second-order valence-electron chi connectivity index (χ2n) is 6.52. The SMILES string of the molecule is CC(=O)NCc1csc(C2CCN(C(=O)c3cccc(C)c3)CC2)n1. The highest BCUT2D eigenvalue weighted by Gasteiger charge is 2.26. The normalized spacial score (nSPS) is 15.2. The minimum Gasteiger partial charge on any atom is -0.351 e. The molecule has 132 valence electrons. The topological polar surface area (TPSA) is 62.3 Å². The molecular weight excluding hydrogens is 334 g/mol. The number of benzene rings is 1. The third-order valence-corrected chi connectivity index (χ3v) is 5.54. The molecule has 1 aromatic carbocycles. The van der Waals surface area contributed by atoms with Gasteiger partial charge in [0.05, 0.1) is 17.2 Å². The molecule has 0 spiro atoms. The summed E-state index contributed by atoms with van der Waals surface area (Å²) in [6.07, 6.45) is 1.87. The molecule has 0 bridgehead atoms. The van der Waals surface area contributed by atoms with E-state index >= 15 is 0 Å². The molecule has 3 rings (SSSR count). The maximum atomic E-state index is 12.6. The first-order valence-corrected chi connectivity index (χ1v) is 9.45. The second-order valence-corrected chi connectivity index (χ2v) is 7.41. The fraction of sp³-hybridized carbons (Fsp3) is 0.421. The van der Waals surface area contributed by atoms with Gasteiger partial charge in [-0.05, 0) is 31.9 Å². The predicted octanol–water partition coefficient (Wildman–Crippen LogP) is 3.11. The van der Waals surface area contributed by atoms with Crippen LogP contribution in [0.5, 0.6) is 0 Å². The van der Waals surface area contributed by atoms with E-state index in [-0.39, 0.29) is 11.8 Å². The molecule has 2 aromatic rings. The number of carbonyl (C=O) groups excluding carboxylic acids is 2. The van der Waals surface area contributed by atoms with Crippen molar-refractivity contribution in [2.45, 2.75) is 39.2 Å². The van der Waals surface area contributed by atoms with Gasteiger partial charge >= 0.3 is 0 Å². The highest BCUT2D eigenvalue weighted by atomic mass is 32.1. The lowest BCUT2D eigenvalue weighted by Crippen LogP contribution is -2.37. The first kappa shape index (κ1) is 17.6.